The molecule has 0 bridgehead atoms. The quantitative estimate of drug-likeness (QED) is 0.703. The Morgan fingerprint density at radius 1 is 1.21 bits per heavy atom. The van der Waals surface area contributed by atoms with Gasteiger partial charge in [-0.25, -0.2) is 9.37 Å². The normalized spacial score (nSPS) is 16.4. The first-order chi connectivity index (χ1) is 13.6. The summed E-state index contributed by atoms with van der Waals surface area (Å²) in [7, 11) is 0. The molecule has 1 atom stereocenters. The summed E-state index contributed by atoms with van der Waals surface area (Å²) in [5.74, 6) is 0.419. The first-order valence-electron chi connectivity index (χ1n) is 9.30. The van der Waals surface area contributed by atoms with E-state index in [9.17, 15) is 9.18 Å². The van der Waals surface area contributed by atoms with E-state index in [2.05, 4.69) is 14.7 Å². The van der Waals surface area contributed by atoms with E-state index < -0.39 is 0 Å². The average Bonchev–Trinajstić information content (AvgIpc) is 3.34. The van der Waals surface area contributed by atoms with Crippen molar-refractivity contribution in [1.82, 2.24) is 9.36 Å². The summed E-state index contributed by atoms with van der Waals surface area (Å²) in [5.41, 5.74) is 2.92. The van der Waals surface area contributed by atoms with E-state index in [1.165, 1.54) is 23.7 Å². The lowest BCUT2D eigenvalue weighted by Crippen LogP contribution is -2.39. The largest absolute Gasteiger partial charge is 0.335 e. The molecule has 0 spiro atoms. The minimum absolute atomic E-state index is 0.0170. The second kappa shape index (κ2) is 8.06. The van der Waals surface area contributed by atoms with Crippen molar-refractivity contribution in [2.75, 3.05) is 16.8 Å². The van der Waals surface area contributed by atoms with Crippen LogP contribution in [0.3, 0.4) is 0 Å². The minimum Gasteiger partial charge on any atom is -0.335 e. The number of carbonyl (C=O) groups is 1. The fourth-order valence-electron chi connectivity index (χ4n) is 3.35. The first kappa shape index (κ1) is 18.6. The van der Waals surface area contributed by atoms with Crippen molar-refractivity contribution in [3.8, 4) is 0 Å². The summed E-state index contributed by atoms with van der Waals surface area (Å²) in [6.07, 6.45) is 2.29. The van der Waals surface area contributed by atoms with Gasteiger partial charge in [0.1, 0.15) is 17.7 Å². The van der Waals surface area contributed by atoms with E-state index in [-0.39, 0.29) is 17.8 Å². The van der Waals surface area contributed by atoms with Gasteiger partial charge in [0.25, 0.3) is 0 Å². The van der Waals surface area contributed by atoms with Crippen LogP contribution in [0.2, 0.25) is 0 Å². The smallest absolute Gasteiger partial charge is 0.247 e. The van der Waals surface area contributed by atoms with Gasteiger partial charge in [0.05, 0.1) is 0 Å². The third-order valence-electron chi connectivity index (χ3n) is 4.85. The highest BCUT2D eigenvalue weighted by Gasteiger charge is 2.33. The zero-order valence-electron chi connectivity index (χ0n) is 15.6. The van der Waals surface area contributed by atoms with E-state index in [0.717, 1.165) is 41.3 Å². The number of anilines is 2. The van der Waals surface area contributed by atoms with Crippen LogP contribution in [0.5, 0.6) is 0 Å². The maximum Gasteiger partial charge on any atom is 0.247 e. The minimum atomic E-state index is -0.254. The Labute approximate surface area is 167 Å². The Balaban J connectivity index is 1.44. The van der Waals surface area contributed by atoms with Crippen molar-refractivity contribution in [1.29, 1.82) is 0 Å². The monoisotopic (exact) mass is 396 g/mol. The number of amides is 1. The van der Waals surface area contributed by atoms with Crippen LogP contribution in [0, 0.1) is 12.7 Å². The lowest BCUT2D eigenvalue weighted by atomic mass is 10.1. The molecule has 7 heteroatoms. The van der Waals surface area contributed by atoms with Gasteiger partial charge in [0.15, 0.2) is 0 Å². The maximum atomic E-state index is 13.1. The van der Waals surface area contributed by atoms with Gasteiger partial charge in [0.2, 0.25) is 11.0 Å². The predicted octanol–water partition coefficient (Wildman–Crippen LogP) is 4.18. The summed E-state index contributed by atoms with van der Waals surface area (Å²) in [4.78, 5) is 19.4. The number of aromatic nitrogens is 2. The lowest BCUT2D eigenvalue weighted by Gasteiger charge is -2.22. The van der Waals surface area contributed by atoms with Crippen LogP contribution >= 0.6 is 11.5 Å². The van der Waals surface area contributed by atoms with Crippen molar-refractivity contribution < 1.29 is 9.18 Å². The van der Waals surface area contributed by atoms with Crippen LogP contribution in [-0.4, -0.2) is 27.9 Å². The number of benzene rings is 2. The van der Waals surface area contributed by atoms with Crippen LogP contribution in [0.1, 0.15) is 29.8 Å². The number of halogens is 1. The summed E-state index contributed by atoms with van der Waals surface area (Å²) in [5, 5.41) is 3.77. The third-order valence-corrected chi connectivity index (χ3v) is 5.64. The van der Waals surface area contributed by atoms with Crippen LogP contribution in [0.25, 0.3) is 0 Å². The highest BCUT2D eigenvalue weighted by Crippen LogP contribution is 2.28. The molecule has 1 aliphatic heterocycles. The number of hydrogen-bond donors (Lipinski definition) is 1. The van der Waals surface area contributed by atoms with Crippen molar-refractivity contribution in [2.24, 2.45) is 0 Å². The molecule has 144 valence electrons. The number of nitrogens with one attached hydrogen (secondary N) is 1. The zero-order valence-corrected chi connectivity index (χ0v) is 16.4. The van der Waals surface area contributed by atoms with Gasteiger partial charge in [0, 0.05) is 30.2 Å². The van der Waals surface area contributed by atoms with E-state index >= 15 is 0 Å². The molecule has 5 nitrogen and oxygen atoms in total. The number of carbonyl (C=O) groups excluding carboxylic acids is 1. The van der Waals surface area contributed by atoms with Crippen molar-refractivity contribution in [2.45, 2.75) is 32.2 Å². The molecule has 1 saturated heterocycles. The van der Waals surface area contributed by atoms with Crippen LogP contribution in [-0.2, 0) is 11.2 Å². The Hall–Kier alpha value is -2.80. The molecule has 4 rings (SSSR count). The van der Waals surface area contributed by atoms with E-state index in [1.54, 1.807) is 12.1 Å². The van der Waals surface area contributed by atoms with Crippen molar-refractivity contribution in [3.63, 3.8) is 0 Å². The zero-order chi connectivity index (χ0) is 19.5. The van der Waals surface area contributed by atoms with Crippen molar-refractivity contribution >= 4 is 28.3 Å². The summed E-state index contributed by atoms with van der Waals surface area (Å²) in [6, 6.07) is 13.9. The molecule has 1 aliphatic rings. The molecule has 0 unspecified atom stereocenters. The molecule has 0 radical (unpaired) electrons. The van der Waals surface area contributed by atoms with E-state index in [1.807, 2.05) is 36.1 Å². The van der Waals surface area contributed by atoms with Gasteiger partial charge in [-0.15, -0.1) is 0 Å². The fraction of sp³-hybridized carbons (Fsp3) is 0.286. The van der Waals surface area contributed by atoms with Gasteiger partial charge >= 0.3 is 0 Å². The lowest BCUT2D eigenvalue weighted by molar-refractivity contribution is -0.117. The standard InChI is InChI=1S/C21H21FN4OS/c1-14-4-10-17(11-5-14)23-20(27)18-3-2-12-26(18)21-24-19(25-28-21)13-15-6-8-16(22)9-7-15/h4-11,18H,2-3,12-13H2,1H3,(H,23,27)/t18-/m0/s1. The molecule has 0 aliphatic carbocycles. The number of hydrogen-bond acceptors (Lipinski definition) is 5. The predicted molar refractivity (Wildman–Crippen MR) is 109 cm³/mol. The highest BCUT2D eigenvalue weighted by atomic mass is 32.1. The second-order valence-corrected chi connectivity index (χ2v) is 7.73. The van der Waals surface area contributed by atoms with Crippen molar-refractivity contribution in [3.05, 3.63) is 71.3 Å². The van der Waals surface area contributed by atoms with Crippen LogP contribution < -0.4 is 10.2 Å². The van der Waals surface area contributed by atoms with Gasteiger partial charge in [-0.3, -0.25) is 4.79 Å². The SMILES string of the molecule is Cc1ccc(NC(=O)[C@@H]2CCCN2c2nc(Cc3ccc(F)cc3)ns2)cc1. The molecule has 1 N–H and O–H groups in total. The molecular weight excluding hydrogens is 375 g/mol. The molecule has 2 aromatic carbocycles. The van der Waals surface area contributed by atoms with Crippen LogP contribution in [0.4, 0.5) is 15.2 Å². The summed E-state index contributed by atoms with van der Waals surface area (Å²) >= 11 is 1.31. The summed E-state index contributed by atoms with van der Waals surface area (Å²) in [6.45, 7) is 2.81. The molecule has 28 heavy (non-hydrogen) atoms. The molecule has 1 aromatic heterocycles. The second-order valence-electron chi connectivity index (χ2n) is 7.00. The molecule has 3 aromatic rings. The van der Waals surface area contributed by atoms with Gasteiger partial charge in [-0.05, 0) is 49.6 Å². The number of rotatable bonds is 5. The molecular formula is C21H21FN4OS. The Morgan fingerprint density at radius 3 is 2.71 bits per heavy atom. The van der Waals surface area contributed by atoms with Gasteiger partial charge < -0.3 is 10.2 Å². The molecule has 0 saturated carbocycles. The molecule has 1 amide bonds. The number of aryl methyl sites for hydroxylation is 1. The summed E-state index contributed by atoms with van der Waals surface area (Å²) < 4.78 is 17.5. The third kappa shape index (κ3) is 4.20. The molecule has 2 heterocycles. The van der Waals surface area contributed by atoms with Gasteiger partial charge in [-0.1, -0.05) is 29.8 Å². The Kier molecular flexibility index (Phi) is 5.34. The van der Waals surface area contributed by atoms with E-state index in [0.29, 0.717) is 12.2 Å². The van der Waals surface area contributed by atoms with Crippen LogP contribution in [0.15, 0.2) is 48.5 Å². The highest BCUT2D eigenvalue weighted by molar-refractivity contribution is 7.09. The maximum absolute atomic E-state index is 13.1. The Bertz CT molecular complexity index is 955. The number of nitrogens with zero attached hydrogens (tertiary/aromatic N) is 3. The average molecular weight is 396 g/mol. The fourth-order valence-corrected chi connectivity index (χ4v) is 4.11. The Morgan fingerprint density at radius 2 is 1.96 bits per heavy atom. The molecule has 1 fully saturated rings. The van der Waals surface area contributed by atoms with Gasteiger partial charge in [-0.2, -0.15) is 4.37 Å². The van der Waals surface area contributed by atoms with E-state index in [4.69, 9.17) is 0 Å². The first-order valence-corrected chi connectivity index (χ1v) is 10.1. The topological polar surface area (TPSA) is 58.1 Å².